The Labute approximate surface area is 191 Å². The van der Waals surface area contributed by atoms with Crippen molar-refractivity contribution in [3.05, 3.63) is 89.5 Å². The number of hydrogen-bond acceptors (Lipinski definition) is 3. The van der Waals surface area contributed by atoms with E-state index in [9.17, 15) is 22.0 Å². The van der Waals surface area contributed by atoms with Gasteiger partial charge in [0.15, 0.2) is 5.11 Å². The van der Waals surface area contributed by atoms with E-state index in [0.29, 0.717) is 5.56 Å². The molecule has 0 radical (unpaired) electrons. The summed E-state index contributed by atoms with van der Waals surface area (Å²) in [6.45, 7) is 0.210. The van der Waals surface area contributed by atoms with Gasteiger partial charge in [0, 0.05) is 0 Å². The van der Waals surface area contributed by atoms with E-state index >= 15 is 0 Å². The van der Waals surface area contributed by atoms with Gasteiger partial charge in [0.25, 0.3) is 0 Å². The van der Waals surface area contributed by atoms with Crippen LogP contribution in [0.5, 0.6) is 5.75 Å². The highest BCUT2D eigenvalue weighted by Gasteiger charge is 2.32. The fourth-order valence-corrected chi connectivity index (χ4v) is 3.71. The molecule has 4 rings (SSSR count). The molecule has 0 aromatic heterocycles. The maximum atomic E-state index is 14.3. The van der Waals surface area contributed by atoms with Crippen molar-refractivity contribution in [1.82, 2.24) is 4.90 Å². The molecule has 1 unspecified atom stereocenters. The average Bonchev–Trinajstić information content (AvgIpc) is 3.19. The number of rotatable bonds is 4. The van der Waals surface area contributed by atoms with Crippen molar-refractivity contribution >= 4 is 23.2 Å². The van der Waals surface area contributed by atoms with Crippen LogP contribution in [0.25, 0.3) is 11.1 Å². The molecule has 0 amide bonds. The minimum atomic E-state index is -4.75. The van der Waals surface area contributed by atoms with Crippen molar-refractivity contribution in [2.75, 3.05) is 6.54 Å². The highest BCUT2D eigenvalue weighted by molar-refractivity contribution is 7.80. The third kappa shape index (κ3) is 4.95. The van der Waals surface area contributed by atoms with Gasteiger partial charge in [-0.15, -0.1) is 13.2 Å². The number of nitrogens with zero attached hydrogens (tertiary/aromatic N) is 2. The average molecular weight is 477 g/mol. The molecule has 0 fully saturated rings. The van der Waals surface area contributed by atoms with Crippen LogP contribution < -0.4 is 10.5 Å². The fourth-order valence-electron chi connectivity index (χ4n) is 3.55. The smallest absolute Gasteiger partial charge is 0.406 e. The number of amidine groups is 1. The first-order valence-corrected chi connectivity index (χ1v) is 10.1. The Morgan fingerprint density at radius 1 is 0.939 bits per heavy atom. The highest BCUT2D eigenvalue weighted by Crippen LogP contribution is 2.31. The predicted molar refractivity (Wildman–Crippen MR) is 118 cm³/mol. The van der Waals surface area contributed by atoms with E-state index in [2.05, 4.69) is 9.73 Å². The van der Waals surface area contributed by atoms with E-state index in [1.165, 1.54) is 35.2 Å². The lowest BCUT2D eigenvalue weighted by molar-refractivity contribution is -0.274. The Bertz CT molecular complexity index is 1190. The van der Waals surface area contributed by atoms with Crippen LogP contribution in [0, 0.1) is 11.6 Å². The first-order chi connectivity index (χ1) is 15.6. The molecule has 2 N–H and O–H groups in total. The second-order valence-electron chi connectivity index (χ2n) is 7.21. The maximum absolute atomic E-state index is 14.3. The molecule has 1 aliphatic heterocycles. The monoisotopic (exact) mass is 477 g/mol. The van der Waals surface area contributed by atoms with E-state index in [1.807, 2.05) is 0 Å². The SMILES string of the molecule is NC(=S)N1CC(c2ccc(-c3ccc(OC(F)(F)F)cc3)cc2)N=C1c1c(F)cccc1F. The van der Waals surface area contributed by atoms with Gasteiger partial charge in [-0.05, 0) is 53.2 Å². The topological polar surface area (TPSA) is 50.8 Å². The largest absolute Gasteiger partial charge is 0.573 e. The summed E-state index contributed by atoms with van der Waals surface area (Å²) in [7, 11) is 0. The zero-order chi connectivity index (χ0) is 23.8. The van der Waals surface area contributed by atoms with Crippen LogP contribution >= 0.6 is 12.2 Å². The molecule has 0 aliphatic carbocycles. The minimum Gasteiger partial charge on any atom is -0.406 e. The van der Waals surface area contributed by atoms with Crippen molar-refractivity contribution in [3.8, 4) is 16.9 Å². The van der Waals surface area contributed by atoms with Gasteiger partial charge in [-0.3, -0.25) is 4.99 Å². The number of nitrogens with two attached hydrogens (primary N) is 1. The zero-order valence-electron chi connectivity index (χ0n) is 16.8. The summed E-state index contributed by atoms with van der Waals surface area (Å²) in [4.78, 5) is 5.86. The first kappa shape index (κ1) is 22.7. The number of halogens is 5. The summed E-state index contributed by atoms with van der Waals surface area (Å²) in [5.74, 6) is -1.84. The molecule has 4 nitrogen and oxygen atoms in total. The van der Waals surface area contributed by atoms with Crippen molar-refractivity contribution in [3.63, 3.8) is 0 Å². The summed E-state index contributed by atoms with van der Waals surface area (Å²) in [6.07, 6.45) is -4.75. The van der Waals surface area contributed by atoms with Gasteiger partial charge in [0.2, 0.25) is 0 Å². The van der Waals surface area contributed by atoms with Crippen molar-refractivity contribution in [2.45, 2.75) is 12.4 Å². The summed E-state index contributed by atoms with van der Waals surface area (Å²) < 4.78 is 69.5. The van der Waals surface area contributed by atoms with Crippen molar-refractivity contribution in [2.24, 2.45) is 10.7 Å². The molecule has 3 aromatic carbocycles. The lowest BCUT2D eigenvalue weighted by Gasteiger charge is -2.19. The van der Waals surface area contributed by atoms with Crippen LogP contribution in [0.1, 0.15) is 17.2 Å². The van der Waals surface area contributed by atoms with Crippen LogP contribution in [0.2, 0.25) is 0 Å². The molecule has 0 saturated carbocycles. The Morgan fingerprint density at radius 3 is 2.00 bits per heavy atom. The Hall–Kier alpha value is -3.53. The molecule has 33 heavy (non-hydrogen) atoms. The fraction of sp³-hybridized carbons (Fsp3) is 0.130. The van der Waals surface area contributed by atoms with Gasteiger partial charge in [-0.25, -0.2) is 8.78 Å². The summed E-state index contributed by atoms with van der Waals surface area (Å²) in [5, 5.41) is -0.0586. The normalized spacial score (nSPS) is 16.0. The summed E-state index contributed by atoms with van der Waals surface area (Å²) in [5.41, 5.74) is 7.66. The Morgan fingerprint density at radius 2 is 1.48 bits per heavy atom. The van der Waals surface area contributed by atoms with Crippen LogP contribution in [0.4, 0.5) is 22.0 Å². The molecule has 0 spiro atoms. The molecule has 0 bridgehead atoms. The molecule has 1 atom stereocenters. The second-order valence-corrected chi connectivity index (χ2v) is 7.63. The Kier molecular flexibility index (Phi) is 6.03. The molecular weight excluding hydrogens is 461 g/mol. The van der Waals surface area contributed by atoms with Crippen LogP contribution in [0.3, 0.4) is 0 Å². The first-order valence-electron chi connectivity index (χ1n) is 9.67. The minimum absolute atomic E-state index is 0.0208. The molecule has 3 aromatic rings. The lowest BCUT2D eigenvalue weighted by atomic mass is 10.0. The highest BCUT2D eigenvalue weighted by atomic mass is 32.1. The van der Waals surface area contributed by atoms with Gasteiger partial charge in [0.1, 0.15) is 23.2 Å². The number of benzene rings is 3. The van der Waals surface area contributed by atoms with E-state index < -0.39 is 24.0 Å². The van der Waals surface area contributed by atoms with Gasteiger partial charge in [-0.1, -0.05) is 42.5 Å². The predicted octanol–water partition coefficient (Wildman–Crippen LogP) is 5.58. The zero-order valence-corrected chi connectivity index (χ0v) is 17.6. The Balaban J connectivity index is 1.59. The molecule has 0 saturated heterocycles. The van der Waals surface area contributed by atoms with E-state index in [-0.39, 0.29) is 28.8 Å². The number of hydrogen-bond donors (Lipinski definition) is 1. The van der Waals surface area contributed by atoms with Gasteiger partial charge < -0.3 is 15.4 Å². The third-order valence-corrected chi connectivity index (χ3v) is 5.28. The van der Waals surface area contributed by atoms with Gasteiger partial charge in [0.05, 0.1) is 18.2 Å². The second kappa shape index (κ2) is 8.78. The lowest BCUT2D eigenvalue weighted by Crippen LogP contribution is -2.39. The third-order valence-electron chi connectivity index (χ3n) is 5.06. The molecular formula is C23H16F5N3OS. The number of thiocarbonyl (C=S) groups is 1. The summed E-state index contributed by atoms with van der Waals surface area (Å²) >= 11 is 5.05. The van der Waals surface area contributed by atoms with Gasteiger partial charge >= 0.3 is 6.36 Å². The van der Waals surface area contributed by atoms with Crippen LogP contribution in [-0.4, -0.2) is 28.8 Å². The quantitative estimate of drug-likeness (QED) is 0.394. The van der Waals surface area contributed by atoms with E-state index in [0.717, 1.165) is 23.3 Å². The molecule has 1 heterocycles. The molecule has 10 heteroatoms. The summed E-state index contributed by atoms with van der Waals surface area (Å²) in [6, 6.07) is 15.6. The molecule has 170 valence electrons. The van der Waals surface area contributed by atoms with E-state index in [4.69, 9.17) is 18.0 Å². The standard InChI is InChI=1S/C23H16F5N3OS/c24-17-2-1-3-18(25)20(17)21-30-19(12-31(21)22(29)33)15-6-4-13(5-7-15)14-8-10-16(11-9-14)32-23(26,27)28/h1-11,19H,12H2,(H2,29,33). The molecule has 1 aliphatic rings. The number of alkyl halides is 3. The maximum Gasteiger partial charge on any atom is 0.573 e. The van der Waals surface area contributed by atoms with E-state index in [1.54, 1.807) is 24.3 Å². The number of ether oxygens (including phenoxy) is 1. The van der Waals surface area contributed by atoms with Crippen LogP contribution in [0.15, 0.2) is 71.7 Å². The van der Waals surface area contributed by atoms with Gasteiger partial charge in [-0.2, -0.15) is 0 Å². The van der Waals surface area contributed by atoms with Crippen molar-refractivity contribution < 1.29 is 26.7 Å². The van der Waals surface area contributed by atoms with Crippen molar-refractivity contribution in [1.29, 1.82) is 0 Å². The number of aliphatic imine (C=N–C) groups is 1. The van der Waals surface area contributed by atoms with Crippen LogP contribution in [-0.2, 0) is 0 Å².